The highest BCUT2D eigenvalue weighted by Gasteiger charge is 2.16. The molecule has 0 spiro atoms. The number of nitrogens with two attached hydrogens (primary N) is 2. The zero-order valence-corrected chi connectivity index (χ0v) is 11.6. The van der Waals surface area contributed by atoms with E-state index in [0.717, 1.165) is 16.9 Å². The predicted molar refractivity (Wildman–Crippen MR) is 76.6 cm³/mol. The van der Waals surface area contributed by atoms with E-state index >= 15 is 0 Å². The van der Waals surface area contributed by atoms with Gasteiger partial charge in [-0.15, -0.1) is 0 Å². The van der Waals surface area contributed by atoms with Crippen LogP contribution in [0.4, 0.5) is 0 Å². The molecule has 0 aromatic heterocycles. The molecule has 0 amide bonds. The Morgan fingerprint density at radius 1 is 1.47 bits per heavy atom. The number of halogens is 1. The lowest BCUT2D eigenvalue weighted by atomic mass is 10.1. The Morgan fingerprint density at radius 3 is 3.00 bits per heavy atom. The number of amidine groups is 1. The van der Waals surface area contributed by atoms with E-state index in [-0.39, 0.29) is 17.9 Å². The Balaban J connectivity index is 2.14. The molecule has 0 saturated carbocycles. The summed E-state index contributed by atoms with van der Waals surface area (Å²) in [4.78, 5) is 3.65. The maximum absolute atomic E-state index is 7.58. The van der Waals surface area contributed by atoms with Crippen molar-refractivity contribution in [3.63, 3.8) is 0 Å². The molecule has 8 heteroatoms. The first-order valence-electron chi connectivity index (χ1n) is 5.39. The van der Waals surface area contributed by atoms with Crippen molar-refractivity contribution >= 4 is 34.5 Å². The largest absolute Gasteiger partial charge is 0.467 e. The minimum Gasteiger partial charge on any atom is -0.467 e. The van der Waals surface area contributed by atoms with Gasteiger partial charge in [-0.3, -0.25) is 5.41 Å². The summed E-state index contributed by atoms with van der Waals surface area (Å²) in [6, 6.07) is 3.62. The van der Waals surface area contributed by atoms with Gasteiger partial charge in [0.15, 0.2) is 17.9 Å². The second kappa shape index (κ2) is 6.14. The molecule has 102 valence electrons. The van der Waals surface area contributed by atoms with E-state index in [4.69, 9.17) is 38.0 Å². The van der Waals surface area contributed by atoms with Gasteiger partial charge in [0.1, 0.15) is 5.75 Å². The number of ether oxygens (including phenoxy) is 2. The first kappa shape index (κ1) is 14.0. The molecule has 1 heterocycles. The molecule has 0 radical (unpaired) electrons. The third kappa shape index (κ3) is 3.76. The van der Waals surface area contributed by atoms with Crippen molar-refractivity contribution in [2.75, 3.05) is 6.79 Å². The summed E-state index contributed by atoms with van der Waals surface area (Å²) >= 11 is 7.24. The maximum atomic E-state index is 7.58. The van der Waals surface area contributed by atoms with E-state index in [1.54, 1.807) is 0 Å². The van der Waals surface area contributed by atoms with Crippen molar-refractivity contribution < 1.29 is 9.47 Å². The lowest BCUT2D eigenvalue weighted by Gasteiger charge is -2.20. The molecular formula is C11H13ClN4O2S. The number of hydrogen-bond acceptors (Lipinski definition) is 4. The maximum Gasteiger partial charge on any atom is 0.193 e. The van der Waals surface area contributed by atoms with Gasteiger partial charge >= 0.3 is 0 Å². The molecule has 0 bridgehead atoms. The minimum absolute atomic E-state index is 0.0424. The van der Waals surface area contributed by atoms with Crippen molar-refractivity contribution in [3.05, 3.63) is 28.3 Å². The van der Waals surface area contributed by atoms with Gasteiger partial charge in [0.25, 0.3) is 0 Å². The summed E-state index contributed by atoms with van der Waals surface area (Å²) in [5.41, 5.74) is 12.2. The molecule has 0 fully saturated rings. The van der Waals surface area contributed by atoms with Crippen LogP contribution < -0.4 is 16.2 Å². The number of nitrogens with one attached hydrogen (secondary N) is 1. The number of nitrogens with zero attached hydrogens (tertiary/aromatic N) is 1. The molecule has 6 nitrogen and oxygen atoms in total. The van der Waals surface area contributed by atoms with Gasteiger partial charge < -0.3 is 20.9 Å². The summed E-state index contributed by atoms with van der Waals surface area (Å²) in [6.07, 6.45) is 0. The van der Waals surface area contributed by atoms with Gasteiger partial charge in [0, 0.05) is 21.9 Å². The Kier molecular flexibility index (Phi) is 4.52. The van der Waals surface area contributed by atoms with Crippen LogP contribution in [0.2, 0.25) is 5.02 Å². The number of guanidine groups is 1. The van der Waals surface area contributed by atoms with E-state index in [9.17, 15) is 0 Å². The monoisotopic (exact) mass is 300 g/mol. The van der Waals surface area contributed by atoms with Crippen molar-refractivity contribution in [2.24, 2.45) is 16.5 Å². The fourth-order valence-corrected chi connectivity index (χ4v) is 2.60. The van der Waals surface area contributed by atoms with Gasteiger partial charge in [0.05, 0.1) is 6.61 Å². The fourth-order valence-electron chi connectivity index (χ4n) is 1.66. The molecule has 0 atom stereocenters. The molecule has 2 rings (SSSR count). The summed E-state index contributed by atoms with van der Waals surface area (Å²) in [6.45, 7) is 0.691. The van der Waals surface area contributed by atoms with Crippen LogP contribution in [0.5, 0.6) is 5.75 Å². The summed E-state index contributed by atoms with van der Waals surface area (Å²) in [5, 5.41) is 8.23. The Morgan fingerprint density at radius 2 is 2.26 bits per heavy atom. The SMILES string of the molecule is N=C(N=C(N)N)SCc1cc(Cl)cc2c1OCOC2. The first-order chi connectivity index (χ1) is 9.06. The van der Waals surface area contributed by atoms with E-state index in [1.807, 2.05) is 12.1 Å². The lowest BCUT2D eigenvalue weighted by Crippen LogP contribution is -2.23. The highest BCUT2D eigenvalue weighted by atomic mass is 35.5. The Labute approximate surface area is 119 Å². The molecule has 1 aliphatic rings. The van der Waals surface area contributed by atoms with Gasteiger partial charge in [-0.05, 0) is 12.1 Å². The number of fused-ring (bicyclic) bond motifs is 1. The van der Waals surface area contributed by atoms with E-state index < -0.39 is 0 Å². The Hall–Kier alpha value is -1.44. The van der Waals surface area contributed by atoms with Crippen LogP contribution in [-0.2, 0) is 17.1 Å². The van der Waals surface area contributed by atoms with Crippen LogP contribution in [0.25, 0.3) is 0 Å². The van der Waals surface area contributed by atoms with Crippen LogP contribution in [0.1, 0.15) is 11.1 Å². The third-order valence-electron chi connectivity index (χ3n) is 2.35. The van der Waals surface area contributed by atoms with Gasteiger partial charge in [-0.2, -0.15) is 4.99 Å². The van der Waals surface area contributed by atoms with Crippen molar-refractivity contribution in [1.82, 2.24) is 0 Å². The molecule has 5 N–H and O–H groups in total. The lowest BCUT2D eigenvalue weighted by molar-refractivity contribution is -0.0168. The summed E-state index contributed by atoms with van der Waals surface area (Å²) < 4.78 is 10.7. The van der Waals surface area contributed by atoms with E-state index in [1.165, 1.54) is 11.8 Å². The second-order valence-corrected chi connectivity index (χ2v) is 5.19. The fraction of sp³-hybridized carbons (Fsp3) is 0.273. The van der Waals surface area contributed by atoms with Crippen LogP contribution >= 0.6 is 23.4 Å². The molecule has 1 aromatic rings. The predicted octanol–water partition coefficient (Wildman–Crippen LogP) is 1.65. The van der Waals surface area contributed by atoms with Crippen LogP contribution in [0.15, 0.2) is 17.1 Å². The van der Waals surface area contributed by atoms with Crippen molar-refractivity contribution in [1.29, 1.82) is 5.41 Å². The average molecular weight is 301 g/mol. The summed E-state index contributed by atoms with van der Waals surface area (Å²) in [5.74, 6) is 1.13. The highest BCUT2D eigenvalue weighted by molar-refractivity contribution is 8.13. The van der Waals surface area contributed by atoms with E-state index in [2.05, 4.69) is 4.99 Å². The van der Waals surface area contributed by atoms with Crippen LogP contribution in [-0.4, -0.2) is 17.9 Å². The minimum atomic E-state index is -0.129. The number of aliphatic imine (C=N–C) groups is 1. The quantitative estimate of drug-likeness (QED) is 0.568. The molecular weight excluding hydrogens is 288 g/mol. The molecule has 1 aliphatic heterocycles. The van der Waals surface area contributed by atoms with E-state index in [0.29, 0.717) is 17.4 Å². The highest BCUT2D eigenvalue weighted by Crippen LogP contribution is 2.33. The molecule has 0 aliphatic carbocycles. The van der Waals surface area contributed by atoms with Gasteiger partial charge in [-0.25, -0.2) is 0 Å². The van der Waals surface area contributed by atoms with Crippen LogP contribution in [0.3, 0.4) is 0 Å². The third-order valence-corrected chi connectivity index (χ3v) is 3.39. The normalized spacial score (nSPS) is 13.3. The first-order valence-corrected chi connectivity index (χ1v) is 6.75. The molecule has 0 unspecified atom stereocenters. The standard InChI is InChI=1S/C11H13ClN4O2S/c12-8-1-6-3-17-5-18-9(6)7(2-8)4-19-11(15)16-10(13)14/h1-2H,3-5H2,(H5,13,14,15,16). The smallest absolute Gasteiger partial charge is 0.193 e. The summed E-state index contributed by atoms with van der Waals surface area (Å²) in [7, 11) is 0. The molecule has 0 saturated heterocycles. The molecule has 1 aromatic carbocycles. The number of benzene rings is 1. The van der Waals surface area contributed by atoms with Gasteiger partial charge in [0.2, 0.25) is 0 Å². The van der Waals surface area contributed by atoms with Crippen molar-refractivity contribution in [2.45, 2.75) is 12.4 Å². The zero-order chi connectivity index (χ0) is 13.8. The van der Waals surface area contributed by atoms with Crippen LogP contribution in [0, 0.1) is 5.41 Å². The molecule has 19 heavy (non-hydrogen) atoms. The number of thioether (sulfide) groups is 1. The number of hydrogen-bond donors (Lipinski definition) is 3. The zero-order valence-electron chi connectivity index (χ0n) is 9.98. The second-order valence-electron chi connectivity index (χ2n) is 3.79. The Bertz CT molecular complexity index is 532. The van der Waals surface area contributed by atoms with Gasteiger partial charge in [-0.1, -0.05) is 23.4 Å². The average Bonchev–Trinajstić information content (AvgIpc) is 2.35. The number of rotatable bonds is 2. The topological polar surface area (TPSA) is 107 Å². The van der Waals surface area contributed by atoms with Crippen molar-refractivity contribution in [3.8, 4) is 5.75 Å².